The van der Waals surface area contributed by atoms with E-state index >= 15 is 0 Å². The molecular weight excluding hydrogens is 274 g/mol. The molecule has 0 bridgehead atoms. The van der Waals surface area contributed by atoms with Crippen molar-refractivity contribution in [1.82, 2.24) is 9.80 Å². The summed E-state index contributed by atoms with van der Waals surface area (Å²) in [5.74, 6) is 1.26. The van der Waals surface area contributed by atoms with Gasteiger partial charge in [-0.1, -0.05) is 0 Å². The lowest BCUT2D eigenvalue weighted by molar-refractivity contribution is -0.120. The zero-order chi connectivity index (χ0) is 14.7. The molecule has 2 amide bonds. The van der Waals surface area contributed by atoms with Gasteiger partial charge in [0.25, 0.3) is 0 Å². The molecule has 2 aliphatic rings. The van der Waals surface area contributed by atoms with Gasteiger partial charge >= 0.3 is 0 Å². The lowest BCUT2D eigenvalue weighted by Gasteiger charge is -2.31. The van der Waals surface area contributed by atoms with Crippen LogP contribution in [0.25, 0.3) is 0 Å². The number of fused-ring (bicyclic) bond motifs is 1. The van der Waals surface area contributed by atoms with Crippen LogP contribution in [-0.4, -0.2) is 61.6 Å². The number of nitrogens with one attached hydrogen (secondary N) is 1. The first kappa shape index (κ1) is 13.7. The minimum absolute atomic E-state index is 0.0755. The summed E-state index contributed by atoms with van der Waals surface area (Å²) >= 11 is 0. The van der Waals surface area contributed by atoms with Crippen LogP contribution in [0.5, 0.6) is 11.5 Å². The molecule has 112 valence electrons. The Kier molecular flexibility index (Phi) is 3.92. The maximum absolute atomic E-state index is 12.0. The predicted molar refractivity (Wildman–Crippen MR) is 75.3 cm³/mol. The molecule has 0 unspecified atom stereocenters. The second-order valence-electron chi connectivity index (χ2n) is 5.03. The highest BCUT2D eigenvalue weighted by molar-refractivity contribution is 5.92. The van der Waals surface area contributed by atoms with Crippen LogP contribution >= 0.6 is 0 Å². The molecular formula is C14H17N3O4. The van der Waals surface area contributed by atoms with Crippen molar-refractivity contribution < 1.29 is 19.1 Å². The van der Waals surface area contributed by atoms with Gasteiger partial charge in [-0.2, -0.15) is 0 Å². The zero-order valence-electron chi connectivity index (χ0n) is 11.6. The Morgan fingerprint density at radius 3 is 2.71 bits per heavy atom. The summed E-state index contributed by atoms with van der Waals surface area (Å²) < 4.78 is 10.5. The largest absolute Gasteiger partial charge is 0.454 e. The van der Waals surface area contributed by atoms with E-state index in [4.69, 9.17) is 9.47 Å². The van der Waals surface area contributed by atoms with E-state index in [-0.39, 0.29) is 12.7 Å². The third-order valence-electron chi connectivity index (χ3n) is 3.58. The van der Waals surface area contributed by atoms with E-state index in [0.717, 1.165) is 6.41 Å². The molecule has 2 aliphatic heterocycles. The van der Waals surface area contributed by atoms with Crippen molar-refractivity contribution in [2.24, 2.45) is 0 Å². The average molecular weight is 291 g/mol. The highest BCUT2D eigenvalue weighted by atomic mass is 16.7. The highest BCUT2D eigenvalue weighted by Crippen LogP contribution is 2.34. The number of amides is 2. The van der Waals surface area contributed by atoms with Gasteiger partial charge in [0.1, 0.15) is 0 Å². The summed E-state index contributed by atoms with van der Waals surface area (Å²) in [6.07, 6.45) is 0.851. The molecule has 1 saturated heterocycles. The molecule has 0 spiro atoms. The van der Waals surface area contributed by atoms with Crippen LogP contribution in [0.15, 0.2) is 18.2 Å². The molecule has 21 heavy (non-hydrogen) atoms. The second kappa shape index (κ2) is 6.01. The van der Waals surface area contributed by atoms with Crippen LogP contribution in [0, 0.1) is 0 Å². The number of carbonyl (C=O) groups excluding carboxylic acids is 2. The number of anilines is 1. The molecule has 0 atom stereocenters. The SMILES string of the molecule is O=CN1CCN(CC(=O)Nc2ccc3c(c2)OCO3)CC1. The Balaban J connectivity index is 1.51. The van der Waals surface area contributed by atoms with Crippen molar-refractivity contribution in [2.45, 2.75) is 0 Å². The van der Waals surface area contributed by atoms with Gasteiger partial charge in [0.15, 0.2) is 11.5 Å². The third-order valence-corrected chi connectivity index (χ3v) is 3.58. The molecule has 0 saturated carbocycles. The summed E-state index contributed by atoms with van der Waals surface area (Å²) in [7, 11) is 0. The van der Waals surface area contributed by atoms with Crippen molar-refractivity contribution >= 4 is 18.0 Å². The topological polar surface area (TPSA) is 71.1 Å². The summed E-state index contributed by atoms with van der Waals surface area (Å²) in [4.78, 5) is 26.4. The van der Waals surface area contributed by atoms with Gasteiger partial charge in [0, 0.05) is 37.9 Å². The Bertz CT molecular complexity index is 541. The molecule has 0 aromatic heterocycles. The highest BCUT2D eigenvalue weighted by Gasteiger charge is 2.18. The maximum atomic E-state index is 12.0. The lowest BCUT2D eigenvalue weighted by Crippen LogP contribution is -2.48. The monoisotopic (exact) mass is 291 g/mol. The summed E-state index contributed by atoms with van der Waals surface area (Å²) in [6.45, 7) is 3.30. The van der Waals surface area contributed by atoms with Gasteiger partial charge in [0.05, 0.1) is 6.54 Å². The van der Waals surface area contributed by atoms with Gasteiger partial charge in [-0.05, 0) is 12.1 Å². The first-order chi connectivity index (χ1) is 10.2. The van der Waals surface area contributed by atoms with E-state index in [1.54, 1.807) is 23.1 Å². The molecule has 0 radical (unpaired) electrons. The number of benzene rings is 1. The molecule has 2 heterocycles. The van der Waals surface area contributed by atoms with E-state index in [2.05, 4.69) is 5.32 Å². The summed E-state index contributed by atoms with van der Waals surface area (Å²) in [5.41, 5.74) is 0.691. The van der Waals surface area contributed by atoms with Crippen LogP contribution in [0.4, 0.5) is 5.69 Å². The number of nitrogens with zero attached hydrogens (tertiary/aromatic N) is 2. The Morgan fingerprint density at radius 2 is 1.95 bits per heavy atom. The third kappa shape index (κ3) is 3.25. The van der Waals surface area contributed by atoms with Crippen LogP contribution in [0.2, 0.25) is 0 Å². The Morgan fingerprint density at radius 1 is 1.19 bits per heavy atom. The molecule has 1 fully saturated rings. The van der Waals surface area contributed by atoms with Crippen LogP contribution in [-0.2, 0) is 9.59 Å². The van der Waals surface area contributed by atoms with E-state index in [1.807, 2.05) is 4.90 Å². The summed E-state index contributed by atoms with van der Waals surface area (Å²) in [6, 6.07) is 5.32. The number of piperazine rings is 1. The van der Waals surface area contributed by atoms with Crippen molar-refractivity contribution in [3.63, 3.8) is 0 Å². The standard InChI is InChI=1S/C14H17N3O4/c18-9-17-5-3-16(4-6-17)8-14(19)15-11-1-2-12-13(7-11)21-10-20-12/h1-2,7,9H,3-6,8,10H2,(H,15,19). The van der Waals surface area contributed by atoms with Crippen LogP contribution in [0.3, 0.4) is 0 Å². The first-order valence-corrected chi connectivity index (χ1v) is 6.86. The van der Waals surface area contributed by atoms with E-state index < -0.39 is 0 Å². The van der Waals surface area contributed by atoms with Gasteiger partial charge in [-0.25, -0.2) is 0 Å². The fraction of sp³-hybridized carbons (Fsp3) is 0.429. The zero-order valence-corrected chi connectivity index (χ0v) is 11.6. The predicted octanol–water partition coefficient (Wildman–Crippen LogP) is 0.128. The van der Waals surface area contributed by atoms with Gasteiger partial charge in [-0.3, -0.25) is 14.5 Å². The van der Waals surface area contributed by atoms with E-state index in [9.17, 15) is 9.59 Å². The number of rotatable bonds is 4. The van der Waals surface area contributed by atoms with E-state index in [1.165, 1.54) is 0 Å². The number of hydrogen-bond donors (Lipinski definition) is 1. The minimum Gasteiger partial charge on any atom is -0.454 e. The molecule has 1 aromatic carbocycles. The Hall–Kier alpha value is -2.28. The first-order valence-electron chi connectivity index (χ1n) is 6.86. The fourth-order valence-electron chi connectivity index (χ4n) is 2.40. The second-order valence-corrected chi connectivity index (χ2v) is 5.03. The molecule has 3 rings (SSSR count). The minimum atomic E-state index is -0.0755. The fourth-order valence-corrected chi connectivity index (χ4v) is 2.40. The van der Waals surface area contributed by atoms with E-state index in [0.29, 0.717) is 49.9 Å². The number of hydrogen-bond acceptors (Lipinski definition) is 5. The number of ether oxygens (including phenoxy) is 2. The van der Waals surface area contributed by atoms with Crippen molar-refractivity contribution in [3.8, 4) is 11.5 Å². The van der Waals surface area contributed by atoms with Crippen molar-refractivity contribution in [3.05, 3.63) is 18.2 Å². The molecule has 1 N–H and O–H groups in total. The van der Waals surface area contributed by atoms with Crippen LogP contribution < -0.4 is 14.8 Å². The summed E-state index contributed by atoms with van der Waals surface area (Å²) in [5, 5.41) is 2.84. The maximum Gasteiger partial charge on any atom is 0.238 e. The van der Waals surface area contributed by atoms with Crippen molar-refractivity contribution in [2.75, 3.05) is 44.8 Å². The molecule has 7 nitrogen and oxygen atoms in total. The quantitative estimate of drug-likeness (QED) is 0.798. The Labute approximate surface area is 122 Å². The van der Waals surface area contributed by atoms with Crippen molar-refractivity contribution in [1.29, 1.82) is 0 Å². The van der Waals surface area contributed by atoms with Gasteiger partial charge in [-0.15, -0.1) is 0 Å². The van der Waals surface area contributed by atoms with Gasteiger partial charge < -0.3 is 19.7 Å². The number of carbonyl (C=O) groups is 2. The normalized spacial score (nSPS) is 17.6. The average Bonchev–Trinajstić information content (AvgIpc) is 2.95. The molecule has 1 aromatic rings. The molecule has 0 aliphatic carbocycles. The van der Waals surface area contributed by atoms with Gasteiger partial charge in [0.2, 0.25) is 19.1 Å². The van der Waals surface area contributed by atoms with Crippen LogP contribution in [0.1, 0.15) is 0 Å². The smallest absolute Gasteiger partial charge is 0.238 e. The lowest BCUT2D eigenvalue weighted by atomic mass is 10.2. The molecule has 7 heteroatoms.